The second kappa shape index (κ2) is 3.89. The van der Waals surface area contributed by atoms with E-state index in [1.54, 1.807) is 0 Å². The first-order chi connectivity index (χ1) is 5.72. The van der Waals surface area contributed by atoms with Gasteiger partial charge in [-0.15, -0.1) is 0 Å². The largest absolute Gasteiger partial charge is 0.384 e. The fourth-order valence-electron chi connectivity index (χ4n) is 1.04. The van der Waals surface area contributed by atoms with Gasteiger partial charge in [-0.2, -0.15) is 0 Å². The summed E-state index contributed by atoms with van der Waals surface area (Å²) in [5, 5.41) is 8.46. The topological polar surface area (TPSA) is 33.1 Å². The zero-order chi connectivity index (χ0) is 8.97. The summed E-state index contributed by atoms with van der Waals surface area (Å²) in [5.74, 6) is 5.33. The van der Waals surface area contributed by atoms with Crippen LogP contribution in [0.2, 0.25) is 0 Å². The average molecular weight is 161 g/mol. The molecule has 1 heterocycles. The average Bonchev–Trinajstić information content (AvgIpc) is 1.99. The molecule has 0 spiro atoms. The summed E-state index contributed by atoms with van der Waals surface area (Å²) >= 11 is 0. The summed E-state index contributed by atoms with van der Waals surface area (Å²) in [6.07, 6.45) is 0. The Bertz CT molecular complexity index is 313. The molecule has 1 aromatic heterocycles. The molecule has 2 nitrogen and oxygen atoms in total. The van der Waals surface area contributed by atoms with E-state index in [9.17, 15) is 0 Å². The molecule has 0 aliphatic heterocycles. The van der Waals surface area contributed by atoms with Crippen LogP contribution in [-0.2, 0) is 0 Å². The minimum Gasteiger partial charge on any atom is -0.384 e. The predicted octanol–water partition coefficient (Wildman–Crippen LogP) is 1.04. The molecule has 1 rings (SSSR count). The maximum absolute atomic E-state index is 8.46. The van der Waals surface area contributed by atoms with Gasteiger partial charge in [-0.25, -0.2) is 4.98 Å². The van der Waals surface area contributed by atoms with Crippen molar-refractivity contribution in [1.29, 1.82) is 0 Å². The maximum Gasteiger partial charge on any atom is 0.113 e. The van der Waals surface area contributed by atoms with Crippen molar-refractivity contribution >= 4 is 0 Å². The molecule has 1 aromatic rings. The minimum atomic E-state index is -0.116. The van der Waals surface area contributed by atoms with Crippen LogP contribution in [0.5, 0.6) is 0 Å². The van der Waals surface area contributed by atoms with Gasteiger partial charge >= 0.3 is 0 Å². The fourth-order valence-corrected chi connectivity index (χ4v) is 1.04. The van der Waals surface area contributed by atoms with E-state index in [-0.39, 0.29) is 6.61 Å². The lowest BCUT2D eigenvalue weighted by Crippen LogP contribution is -1.88. The molecule has 0 aromatic carbocycles. The van der Waals surface area contributed by atoms with Crippen molar-refractivity contribution < 1.29 is 5.11 Å². The van der Waals surface area contributed by atoms with Gasteiger partial charge in [-0.1, -0.05) is 5.92 Å². The van der Waals surface area contributed by atoms with Gasteiger partial charge in [0.05, 0.1) is 0 Å². The molecule has 0 aliphatic rings. The minimum absolute atomic E-state index is 0.116. The van der Waals surface area contributed by atoms with E-state index >= 15 is 0 Å². The van der Waals surface area contributed by atoms with Crippen LogP contribution in [0.25, 0.3) is 0 Å². The highest BCUT2D eigenvalue weighted by molar-refractivity contribution is 5.32. The van der Waals surface area contributed by atoms with Crippen LogP contribution >= 0.6 is 0 Å². The predicted molar refractivity (Wildman–Crippen MR) is 47.7 cm³/mol. The molecule has 0 saturated carbocycles. The van der Waals surface area contributed by atoms with Crippen molar-refractivity contribution in [2.45, 2.75) is 13.8 Å². The molecule has 0 saturated heterocycles. The number of rotatable bonds is 0. The van der Waals surface area contributed by atoms with E-state index in [0.29, 0.717) is 0 Å². The molecule has 0 aliphatic carbocycles. The van der Waals surface area contributed by atoms with Gasteiger partial charge in [0.2, 0.25) is 0 Å². The quantitative estimate of drug-likeness (QED) is 0.577. The van der Waals surface area contributed by atoms with Crippen molar-refractivity contribution in [3.63, 3.8) is 0 Å². The fraction of sp³-hybridized carbons (Fsp3) is 0.300. The molecule has 0 radical (unpaired) electrons. The standard InChI is InChI=1S/C10H11NO/c1-8-6-9(2)11-10(7-8)4-3-5-12/h6-7,12H,5H2,1-2H3. The number of aromatic nitrogens is 1. The number of aliphatic hydroxyl groups excluding tert-OH is 1. The lowest BCUT2D eigenvalue weighted by Gasteiger charge is -1.96. The molecule has 0 fully saturated rings. The van der Waals surface area contributed by atoms with Crippen LogP contribution in [-0.4, -0.2) is 16.7 Å². The molecule has 0 bridgehead atoms. The Hall–Kier alpha value is -1.33. The molecule has 0 unspecified atom stereocenters. The zero-order valence-corrected chi connectivity index (χ0v) is 7.26. The lowest BCUT2D eigenvalue weighted by molar-refractivity contribution is 0.350. The summed E-state index contributed by atoms with van der Waals surface area (Å²) in [7, 11) is 0. The Kier molecular flexibility index (Phi) is 2.84. The molecular formula is C10H11NO. The second-order valence-electron chi connectivity index (χ2n) is 2.63. The van der Waals surface area contributed by atoms with Crippen LogP contribution < -0.4 is 0 Å². The van der Waals surface area contributed by atoms with Gasteiger partial charge in [-0.05, 0) is 37.5 Å². The van der Waals surface area contributed by atoms with Crippen molar-refractivity contribution in [1.82, 2.24) is 4.98 Å². The molecule has 0 atom stereocenters. The van der Waals surface area contributed by atoms with Crippen LogP contribution in [0.15, 0.2) is 12.1 Å². The van der Waals surface area contributed by atoms with Crippen molar-refractivity contribution in [2.75, 3.05) is 6.61 Å². The number of nitrogens with zero attached hydrogens (tertiary/aromatic N) is 1. The van der Waals surface area contributed by atoms with Gasteiger partial charge in [0.1, 0.15) is 12.3 Å². The third-order valence-corrected chi connectivity index (χ3v) is 1.39. The van der Waals surface area contributed by atoms with Crippen LogP contribution in [0, 0.1) is 25.7 Å². The summed E-state index contributed by atoms with van der Waals surface area (Å²) in [5.41, 5.74) is 2.82. The first kappa shape index (κ1) is 8.76. The Labute approximate surface area is 72.3 Å². The Balaban J connectivity index is 3.01. The smallest absolute Gasteiger partial charge is 0.113 e. The molecule has 12 heavy (non-hydrogen) atoms. The third-order valence-electron chi connectivity index (χ3n) is 1.39. The van der Waals surface area contributed by atoms with Crippen LogP contribution in [0.3, 0.4) is 0 Å². The van der Waals surface area contributed by atoms with E-state index in [4.69, 9.17) is 5.11 Å². The number of aliphatic hydroxyl groups is 1. The van der Waals surface area contributed by atoms with Gasteiger partial charge in [0.25, 0.3) is 0 Å². The van der Waals surface area contributed by atoms with Crippen LogP contribution in [0.4, 0.5) is 0 Å². The normalized spacial score (nSPS) is 8.92. The van der Waals surface area contributed by atoms with Crippen molar-refractivity contribution in [3.8, 4) is 11.8 Å². The Morgan fingerprint density at radius 3 is 2.75 bits per heavy atom. The third kappa shape index (κ3) is 2.37. The Morgan fingerprint density at radius 2 is 2.17 bits per heavy atom. The van der Waals surface area contributed by atoms with Crippen molar-refractivity contribution in [3.05, 3.63) is 29.1 Å². The number of hydrogen-bond acceptors (Lipinski definition) is 2. The van der Waals surface area contributed by atoms with Gasteiger partial charge < -0.3 is 5.11 Å². The summed E-state index contributed by atoms with van der Waals surface area (Å²) in [4.78, 5) is 4.19. The molecular weight excluding hydrogens is 150 g/mol. The van der Waals surface area contributed by atoms with Gasteiger partial charge in [-0.3, -0.25) is 0 Å². The number of hydrogen-bond donors (Lipinski definition) is 1. The van der Waals surface area contributed by atoms with E-state index in [1.165, 1.54) is 0 Å². The van der Waals surface area contributed by atoms with Gasteiger partial charge in [0.15, 0.2) is 0 Å². The number of aryl methyl sites for hydroxylation is 2. The molecule has 62 valence electrons. The monoisotopic (exact) mass is 161 g/mol. The van der Waals surface area contributed by atoms with E-state index in [1.807, 2.05) is 26.0 Å². The van der Waals surface area contributed by atoms with E-state index in [2.05, 4.69) is 16.8 Å². The highest BCUT2D eigenvalue weighted by Gasteiger charge is 1.92. The highest BCUT2D eigenvalue weighted by atomic mass is 16.2. The highest BCUT2D eigenvalue weighted by Crippen LogP contribution is 2.02. The summed E-state index contributed by atoms with van der Waals surface area (Å²) < 4.78 is 0. The summed E-state index contributed by atoms with van der Waals surface area (Å²) in [6.45, 7) is 3.81. The molecule has 0 amide bonds. The lowest BCUT2D eigenvalue weighted by atomic mass is 10.2. The first-order valence-electron chi connectivity index (χ1n) is 3.77. The Morgan fingerprint density at radius 1 is 1.42 bits per heavy atom. The SMILES string of the molecule is Cc1cc(C)nc(C#CCO)c1. The summed E-state index contributed by atoms with van der Waals surface area (Å²) in [6, 6.07) is 3.89. The van der Waals surface area contributed by atoms with E-state index in [0.717, 1.165) is 17.0 Å². The second-order valence-corrected chi connectivity index (χ2v) is 2.63. The van der Waals surface area contributed by atoms with Crippen molar-refractivity contribution in [2.24, 2.45) is 0 Å². The van der Waals surface area contributed by atoms with E-state index < -0.39 is 0 Å². The molecule has 2 heteroatoms. The first-order valence-corrected chi connectivity index (χ1v) is 3.77. The molecule has 1 N–H and O–H groups in total. The maximum atomic E-state index is 8.46. The van der Waals surface area contributed by atoms with Crippen LogP contribution in [0.1, 0.15) is 17.0 Å². The zero-order valence-electron chi connectivity index (χ0n) is 7.26. The number of pyridine rings is 1. The van der Waals surface area contributed by atoms with Gasteiger partial charge in [0, 0.05) is 5.69 Å².